The number of carboxylic acids is 1. The quantitative estimate of drug-likeness (QED) is 0.576. The molecule has 1 amide bonds. The van der Waals surface area contributed by atoms with E-state index in [1.807, 2.05) is 6.92 Å². The lowest BCUT2D eigenvalue weighted by Crippen LogP contribution is -2.45. The molecule has 2 atom stereocenters. The molecule has 0 radical (unpaired) electrons. The predicted octanol–water partition coefficient (Wildman–Crippen LogP) is 2.95. The van der Waals surface area contributed by atoms with E-state index in [0.29, 0.717) is 17.0 Å². The third-order valence-electron chi connectivity index (χ3n) is 3.83. The van der Waals surface area contributed by atoms with Gasteiger partial charge in [-0.05, 0) is 18.1 Å². The van der Waals surface area contributed by atoms with Gasteiger partial charge in [-0.1, -0.05) is 20.3 Å². The Balaban J connectivity index is 2.15. The summed E-state index contributed by atoms with van der Waals surface area (Å²) >= 11 is 1.21. The van der Waals surface area contributed by atoms with Gasteiger partial charge in [0, 0.05) is 23.1 Å². The van der Waals surface area contributed by atoms with Crippen LogP contribution in [0.4, 0.5) is 5.69 Å². The fourth-order valence-corrected chi connectivity index (χ4v) is 2.94. The highest BCUT2D eigenvalue weighted by Gasteiger charge is 2.26. The molecule has 0 saturated heterocycles. The summed E-state index contributed by atoms with van der Waals surface area (Å²) in [5.41, 5.74) is 0.732. The number of amides is 1. The second-order valence-electron chi connectivity index (χ2n) is 5.52. The minimum absolute atomic E-state index is 0.0314. The van der Waals surface area contributed by atoms with E-state index in [1.165, 1.54) is 28.8 Å². The predicted molar refractivity (Wildman–Crippen MR) is 92.5 cm³/mol. The Kier molecular flexibility index (Phi) is 5.81. The summed E-state index contributed by atoms with van der Waals surface area (Å²) in [4.78, 5) is 37.9. The molecule has 0 unspecified atom stereocenters. The summed E-state index contributed by atoms with van der Waals surface area (Å²) in [6.07, 6.45) is 0.613. The number of aliphatic carboxylic acids is 1. The molecule has 0 fully saturated rings. The Morgan fingerprint density at radius 2 is 2.00 bits per heavy atom. The highest BCUT2D eigenvalue weighted by atomic mass is 32.1. The number of hydrogen-bond donors (Lipinski definition) is 2. The zero-order chi connectivity index (χ0) is 18.6. The van der Waals surface area contributed by atoms with Gasteiger partial charge in [-0.3, -0.25) is 14.9 Å². The fraction of sp³-hybridized carbons (Fsp3) is 0.312. The van der Waals surface area contributed by atoms with Gasteiger partial charge in [-0.25, -0.2) is 9.78 Å². The van der Waals surface area contributed by atoms with E-state index < -0.39 is 22.8 Å². The second-order valence-corrected chi connectivity index (χ2v) is 6.37. The van der Waals surface area contributed by atoms with Crippen molar-refractivity contribution in [3.8, 4) is 10.6 Å². The van der Waals surface area contributed by atoms with Crippen LogP contribution in [0.3, 0.4) is 0 Å². The number of nitrogens with one attached hydrogen (secondary N) is 1. The van der Waals surface area contributed by atoms with Gasteiger partial charge >= 0.3 is 5.97 Å². The first-order valence-corrected chi connectivity index (χ1v) is 8.45. The van der Waals surface area contributed by atoms with Crippen molar-refractivity contribution < 1.29 is 19.6 Å². The van der Waals surface area contributed by atoms with Crippen molar-refractivity contribution in [1.82, 2.24) is 10.3 Å². The third kappa shape index (κ3) is 4.38. The summed E-state index contributed by atoms with van der Waals surface area (Å²) in [6.45, 7) is 3.60. The topological polar surface area (TPSA) is 122 Å². The Labute approximate surface area is 147 Å². The number of carbonyl (C=O) groups excluding carboxylic acids is 1. The number of carbonyl (C=O) groups is 2. The molecular formula is C16H17N3O5S. The number of hydrogen-bond acceptors (Lipinski definition) is 6. The van der Waals surface area contributed by atoms with Crippen molar-refractivity contribution >= 4 is 28.9 Å². The van der Waals surface area contributed by atoms with E-state index in [1.54, 1.807) is 19.1 Å². The van der Waals surface area contributed by atoms with Gasteiger partial charge < -0.3 is 10.4 Å². The van der Waals surface area contributed by atoms with Crippen LogP contribution in [0.5, 0.6) is 0 Å². The van der Waals surface area contributed by atoms with Crippen LogP contribution in [0.15, 0.2) is 29.6 Å². The molecule has 0 aliphatic carbocycles. The molecule has 9 heteroatoms. The number of carboxylic acid groups (broad SMARTS) is 1. The summed E-state index contributed by atoms with van der Waals surface area (Å²) in [7, 11) is 0. The van der Waals surface area contributed by atoms with E-state index in [9.17, 15) is 24.8 Å². The molecule has 132 valence electrons. The molecule has 8 nitrogen and oxygen atoms in total. The fourth-order valence-electron chi connectivity index (χ4n) is 2.13. The van der Waals surface area contributed by atoms with Crippen LogP contribution >= 0.6 is 11.3 Å². The van der Waals surface area contributed by atoms with E-state index in [-0.39, 0.29) is 17.3 Å². The van der Waals surface area contributed by atoms with Gasteiger partial charge in [0.15, 0.2) is 0 Å². The number of benzene rings is 1. The third-order valence-corrected chi connectivity index (χ3v) is 4.72. The van der Waals surface area contributed by atoms with E-state index in [4.69, 9.17) is 0 Å². The van der Waals surface area contributed by atoms with Crippen molar-refractivity contribution in [1.29, 1.82) is 0 Å². The van der Waals surface area contributed by atoms with Crippen LogP contribution in [-0.4, -0.2) is 32.9 Å². The lowest BCUT2D eigenvalue weighted by atomic mass is 9.99. The largest absolute Gasteiger partial charge is 0.480 e. The first kappa shape index (κ1) is 18.5. The summed E-state index contributed by atoms with van der Waals surface area (Å²) in [5, 5.41) is 24.4. The maximum absolute atomic E-state index is 12.2. The first-order valence-electron chi connectivity index (χ1n) is 7.57. The maximum atomic E-state index is 12.2. The Morgan fingerprint density at radius 3 is 2.52 bits per heavy atom. The molecule has 2 N–H and O–H groups in total. The number of rotatable bonds is 7. The zero-order valence-corrected chi connectivity index (χ0v) is 14.4. The van der Waals surface area contributed by atoms with Gasteiger partial charge in [-0.15, -0.1) is 11.3 Å². The van der Waals surface area contributed by atoms with Gasteiger partial charge in [0.25, 0.3) is 11.6 Å². The Bertz CT molecular complexity index is 787. The minimum Gasteiger partial charge on any atom is -0.480 e. The van der Waals surface area contributed by atoms with E-state index >= 15 is 0 Å². The van der Waals surface area contributed by atoms with Crippen LogP contribution in [-0.2, 0) is 4.79 Å². The second kappa shape index (κ2) is 7.84. The summed E-state index contributed by atoms with van der Waals surface area (Å²) < 4.78 is 0. The molecule has 1 heterocycles. The number of non-ortho nitro benzene ring substituents is 1. The van der Waals surface area contributed by atoms with Crippen LogP contribution in [0.2, 0.25) is 0 Å². The maximum Gasteiger partial charge on any atom is 0.326 e. The van der Waals surface area contributed by atoms with Crippen molar-refractivity contribution in [2.75, 3.05) is 0 Å². The molecule has 25 heavy (non-hydrogen) atoms. The normalized spacial score (nSPS) is 13.0. The van der Waals surface area contributed by atoms with Gasteiger partial charge in [0.1, 0.15) is 16.7 Å². The molecule has 0 aliphatic heterocycles. The van der Waals surface area contributed by atoms with Crippen molar-refractivity contribution in [2.45, 2.75) is 26.3 Å². The SMILES string of the molecule is CC[C@H](C)[C@H](NC(=O)c1csc(-c2ccc([N+](=O)[O-])cc2)n1)C(=O)O. The average Bonchev–Trinajstić information content (AvgIpc) is 3.08. The highest BCUT2D eigenvalue weighted by molar-refractivity contribution is 7.13. The van der Waals surface area contributed by atoms with Crippen LogP contribution in [0.25, 0.3) is 10.6 Å². The van der Waals surface area contributed by atoms with Crippen molar-refractivity contribution in [3.63, 3.8) is 0 Å². The lowest BCUT2D eigenvalue weighted by molar-refractivity contribution is -0.384. The Morgan fingerprint density at radius 1 is 1.36 bits per heavy atom. The molecule has 0 bridgehead atoms. The van der Waals surface area contributed by atoms with Gasteiger partial charge in [0.2, 0.25) is 0 Å². The summed E-state index contributed by atoms with van der Waals surface area (Å²) in [6, 6.07) is 4.84. The molecule has 1 aromatic carbocycles. The molecule has 0 aliphatic rings. The molecule has 2 rings (SSSR count). The smallest absolute Gasteiger partial charge is 0.326 e. The average molecular weight is 363 g/mol. The minimum atomic E-state index is -1.09. The highest BCUT2D eigenvalue weighted by Crippen LogP contribution is 2.25. The summed E-state index contributed by atoms with van der Waals surface area (Å²) in [5.74, 6) is -1.86. The van der Waals surface area contributed by atoms with Crippen molar-refractivity contribution in [2.24, 2.45) is 5.92 Å². The number of nitrogens with zero attached hydrogens (tertiary/aromatic N) is 2. The molecule has 0 saturated carbocycles. The molecule has 0 spiro atoms. The van der Waals surface area contributed by atoms with Crippen LogP contribution < -0.4 is 5.32 Å². The monoisotopic (exact) mass is 363 g/mol. The molecule has 2 aromatic rings. The Hall–Kier alpha value is -2.81. The van der Waals surface area contributed by atoms with Crippen LogP contribution in [0, 0.1) is 16.0 Å². The van der Waals surface area contributed by atoms with Crippen molar-refractivity contribution in [3.05, 3.63) is 45.5 Å². The number of aromatic nitrogens is 1. The number of nitro groups is 1. The van der Waals surface area contributed by atoms with Gasteiger partial charge in [-0.2, -0.15) is 0 Å². The van der Waals surface area contributed by atoms with E-state index in [0.717, 1.165) is 0 Å². The first-order chi connectivity index (χ1) is 11.8. The molecule has 1 aromatic heterocycles. The van der Waals surface area contributed by atoms with Crippen LogP contribution in [0.1, 0.15) is 30.8 Å². The standard InChI is InChI=1S/C16H17N3O5S/c1-3-9(2)13(16(21)22)18-14(20)12-8-25-15(17-12)10-4-6-11(7-5-10)19(23)24/h4-9,13H,3H2,1-2H3,(H,18,20)(H,21,22)/t9-,13-/m0/s1. The lowest BCUT2D eigenvalue weighted by Gasteiger charge is -2.19. The molecular weight excluding hydrogens is 346 g/mol. The van der Waals surface area contributed by atoms with E-state index in [2.05, 4.69) is 10.3 Å². The number of nitro benzene ring substituents is 1. The van der Waals surface area contributed by atoms with Gasteiger partial charge in [0.05, 0.1) is 4.92 Å². The zero-order valence-electron chi connectivity index (χ0n) is 13.6. The number of thiazole rings is 1.